The van der Waals surface area contributed by atoms with Gasteiger partial charge in [0.05, 0.1) is 0 Å². The molecule has 1 unspecified atom stereocenters. The smallest absolute Gasteiger partial charge is 0.0193 e. The standard InChI is InChI=1S/C11H24N2/c1-3-5-6-7-8-11(10-12)13-9-4-2/h4,11,13H,2-3,5-10,12H2,1H3. The monoisotopic (exact) mass is 184 g/mol. The van der Waals surface area contributed by atoms with Crippen molar-refractivity contribution in [2.24, 2.45) is 5.73 Å². The maximum absolute atomic E-state index is 5.63. The zero-order chi connectivity index (χ0) is 9.94. The average molecular weight is 184 g/mol. The average Bonchev–Trinajstić information content (AvgIpc) is 2.17. The fourth-order valence-electron chi connectivity index (χ4n) is 1.37. The van der Waals surface area contributed by atoms with Crippen LogP contribution in [0.25, 0.3) is 0 Å². The van der Waals surface area contributed by atoms with Crippen molar-refractivity contribution in [2.75, 3.05) is 13.1 Å². The predicted octanol–water partition coefficient (Wildman–Crippen LogP) is 2.06. The Hall–Kier alpha value is -0.340. The number of unbranched alkanes of at least 4 members (excludes halogenated alkanes) is 3. The second-order valence-electron chi connectivity index (χ2n) is 3.48. The van der Waals surface area contributed by atoms with Gasteiger partial charge in [-0.15, -0.1) is 6.58 Å². The molecule has 78 valence electrons. The second kappa shape index (κ2) is 9.75. The van der Waals surface area contributed by atoms with Crippen molar-refractivity contribution in [1.29, 1.82) is 0 Å². The molecular formula is C11H24N2. The summed E-state index contributed by atoms with van der Waals surface area (Å²) in [6, 6.07) is 0.481. The first-order chi connectivity index (χ1) is 6.35. The Morgan fingerprint density at radius 1 is 1.38 bits per heavy atom. The highest BCUT2D eigenvalue weighted by Gasteiger charge is 2.03. The van der Waals surface area contributed by atoms with E-state index in [-0.39, 0.29) is 0 Å². The van der Waals surface area contributed by atoms with E-state index in [0.717, 1.165) is 13.1 Å². The van der Waals surface area contributed by atoms with Gasteiger partial charge in [-0.25, -0.2) is 0 Å². The number of rotatable bonds is 9. The van der Waals surface area contributed by atoms with Crippen molar-refractivity contribution in [2.45, 2.75) is 45.1 Å². The van der Waals surface area contributed by atoms with Crippen LogP contribution in [0.5, 0.6) is 0 Å². The lowest BCUT2D eigenvalue weighted by Gasteiger charge is -2.15. The zero-order valence-electron chi connectivity index (χ0n) is 8.89. The van der Waals surface area contributed by atoms with E-state index >= 15 is 0 Å². The van der Waals surface area contributed by atoms with Gasteiger partial charge in [0.15, 0.2) is 0 Å². The molecule has 0 saturated carbocycles. The summed E-state index contributed by atoms with van der Waals surface area (Å²) in [6.07, 6.45) is 8.35. The van der Waals surface area contributed by atoms with Crippen LogP contribution < -0.4 is 11.1 Å². The van der Waals surface area contributed by atoms with E-state index < -0.39 is 0 Å². The summed E-state index contributed by atoms with van der Waals surface area (Å²) >= 11 is 0. The first-order valence-electron chi connectivity index (χ1n) is 5.39. The van der Waals surface area contributed by atoms with E-state index in [1.54, 1.807) is 0 Å². The molecule has 0 bridgehead atoms. The third-order valence-corrected chi connectivity index (χ3v) is 2.24. The number of nitrogens with two attached hydrogens (primary N) is 1. The molecule has 0 rings (SSSR count). The molecule has 13 heavy (non-hydrogen) atoms. The molecule has 0 aromatic carbocycles. The van der Waals surface area contributed by atoms with Gasteiger partial charge >= 0.3 is 0 Å². The number of hydrogen-bond donors (Lipinski definition) is 2. The van der Waals surface area contributed by atoms with Crippen LogP contribution in [0.3, 0.4) is 0 Å². The summed E-state index contributed by atoms with van der Waals surface area (Å²) in [5, 5.41) is 3.35. The van der Waals surface area contributed by atoms with Crippen molar-refractivity contribution in [3.63, 3.8) is 0 Å². The van der Waals surface area contributed by atoms with E-state index in [0.29, 0.717) is 6.04 Å². The van der Waals surface area contributed by atoms with Gasteiger partial charge < -0.3 is 11.1 Å². The molecule has 2 heteroatoms. The maximum atomic E-state index is 5.63. The van der Waals surface area contributed by atoms with Crippen LogP contribution >= 0.6 is 0 Å². The molecule has 0 spiro atoms. The minimum absolute atomic E-state index is 0.481. The summed E-state index contributed by atoms with van der Waals surface area (Å²) in [5.74, 6) is 0. The highest BCUT2D eigenvalue weighted by atomic mass is 14.9. The van der Waals surface area contributed by atoms with Crippen molar-refractivity contribution in [1.82, 2.24) is 5.32 Å². The van der Waals surface area contributed by atoms with Crippen molar-refractivity contribution < 1.29 is 0 Å². The molecule has 0 fully saturated rings. The van der Waals surface area contributed by atoms with Gasteiger partial charge in [-0.3, -0.25) is 0 Å². The number of hydrogen-bond acceptors (Lipinski definition) is 2. The third kappa shape index (κ3) is 8.00. The first-order valence-corrected chi connectivity index (χ1v) is 5.39. The fraction of sp³-hybridized carbons (Fsp3) is 0.818. The topological polar surface area (TPSA) is 38.0 Å². The summed E-state index contributed by atoms with van der Waals surface area (Å²) in [6.45, 7) is 7.51. The van der Waals surface area contributed by atoms with Gasteiger partial charge in [0.1, 0.15) is 0 Å². The molecule has 0 aromatic rings. The molecule has 3 N–H and O–H groups in total. The molecule has 1 atom stereocenters. The lowest BCUT2D eigenvalue weighted by Crippen LogP contribution is -2.35. The van der Waals surface area contributed by atoms with E-state index in [2.05, 4.69) is 18.8 Å². The highest BCUT2D eigenvalue weighted by Crippen LogP contribution is 2.04. The van der Waals surface area contributed by atoms with E-state index in [1.807, 2.05) is 6.08 Å². The predicted molar refractivity (Wildman–Crippen MR) is 59.8 cm³/mol. The molecule has 0 amide bonds. The Morgan fingerprint density at radius 2 is 2.15 bits per heavy atom. The summed E-state index contributed by atoms with van der Waals surface area (Å²) in [5.41, 5.74) is 5.63. The molecule has 0 heterocycles. The molecular weight excluding hydrogens is 160 g/mol. The van der Waals surface area contributed by atoms with Crippen LogP contribution in [0.15, 0.2) is 12.7 Å². The molecule has 0 aliphatic heterocycles. The molecule has 0 aliphatic rings. The van der Waals surface area contributed by atoms with Crippen LogP contribution in [0, 0.1) is 0 Å². The Kier molecular flexibility index (Phi) is 9.49. The Labute approximate surface area is 82.6 Å². The Bertz CT molecular complexity index is 113. The van der Waals surface area contributed by atoms with Gasteiger partial charge in [-0.2, -0.15) is 0 Å². The van der Waals surface area contributed by atoms with Crippen molar-refractivity contribution in [3.05, 3.63) is 12.7 Å². The van der Waals surface area contributed by atoms with Gasteiger partial charge in [0.2, 0.25) is 0 Å². The van der Waals surface area contributed by atoms with Crippen LogP contribution in [0.1, 0.15) is 39.0 Å². The highest BCUT2D eigenvalue weighted by molar-refractivity contribution is 4.75. The minimum atomic E-state index is 0.481. The Morgan fingerprint density at radius 3 is 2.69 bits per heavy atom. The quantitative estimate of drug-likeness (QED) is 0.425. The lowest BCUT2D eigenvalue weighted by molar-refractivity contribution is 0.480. The summed E-state index contributed by atoms with van der Waals surface area (Å²) in [4.78, 5) is 0. The van der Waals surface area contributed by atoms with Gasteiger partial charge in [-0.05, 0) is 6.42 Å². The van der Waals surface area contributed by atoms with Gasteiger partial charge in [0, 0.05) is 19.1 Å². The first kappa shape index (κ1) is 12.7. The molecule has 0 radical (unpaired) electrons. The number of nitrogens with one attached hydrogen (secondary N) is 1. The second-order valence-corrected chi connectivity index (χ2v) is 3.48. The Balaban J connectivity index is 3.30. The molecule has 0 aromatic heterocycles. The van der Waals surface area contributed by atoms with Crippen molar-refractivity contribution in [3.8, 4) is 0 Å². The minimum Gasteiger partial charge on any atom is -0.329 e. The van der Waals surface area contributed by atoms with Crippen LogP contribution in [-0.2, 0) is 0 Å². The fourth-order valence-corrected chi connectivity index (χ4v) is 1.37. The summed E-state index contributed by atoms with van der Waals surface area (Å²) in [7, 11) is 0. The van der Waals surface area contributed by atoms with Crippen LogP contribution in [0.4, 0.5) is 0 Å². The lowest BCUT2D eigenvalue weighted by atomic mass is 10.1. The molecule has 0 aliphatic carbocycles. The zero-order valence-corrected chi connectivity index (χ0v) is 8.89. The van der Waals surface area contributed by atoms with E-state index in [9.17, 15) is 0 Å². The van der Waals surface area contributed by atoms with Gasteiger partial charge in [-0.1, -0.05) is 38.7 Å². The third-order valence-electron chi connectivity index (χ3n) is 2.24. The van der Waals surface area contributed by atoms with E-state index in [1.165, 1.54) is 32.1 Å². The normalized spacial score (nSPS) is 12.8. The SMILES string of the molecule is C=CCNC(CN)CCCCCC. The van der Waals surface area contributed by atoms with Crippen molar-refractivity contribution >= 4 is 0 Å². The van der Waals surface area contributed by atoms with Gasteiger partial charge in [0.25, 0.3) is 0 Å². The maximum Gasteiger partial charge on any atom is 0.0193 e. The molecule has 2 nitrogen and oxygen atoms in total. The molecule has 0 saturated heterocycles. The van der Waals surface area contributed by atoms with E-state index in [4.69, 9.17) is 5.73 Å². The largest absolute Gasteiger partial charge is 0.329 e. The summed E-state index contributed by atoms with van der Waals surface area (Å²) < 4.78 is 0. The van der Waals surface area contributed by atoms with Crippen LogP contribution in [-0.4, -0.2) is 19.1 Å². The van der Waals surface area contributed by atoms with Crippen LogP contribution in [0.2, 0.25) is 0 Å².